The van der Waals surface area contributed by atoms with Gasteiger partial charge in [0.15, 0.2) is 5.13 Å². The third kappa shape index (κ3) is 2.36. The van der Waals surface area contributed by atoms with Crippen LogP contribution in [0, 0.1) is 0 Å². The van der Waals surface area contributed by atoms with E-state index in [2.05, 4.69) is 23.7 Å². The maximum atomic E-state index is 9.47. The standard InChI is InChI=1S/C11H18N2OS2/c1-7-9(3)15-5-4-13(7)11-12-10(6-16-11)8(2)14/h6-9,14H,4-5H2,1-3H3. The van der Waals surface area contributed by atoms with Gasteiger partial charge in [-0.05, 0) is 13.8 Å². The zero-order valence-electron chi connectivity index (χ0n) is 9.88. The monoisotopic (exact) mass is 258 g/mol. The van der Waals surface area contributed by atoms with Gasteiger partial charge in [-0.2, -0.15) is 11.8 Å². The second-order valence-corrected chi connectivity index (χ2v) is 6.56. The number of nitrogens with zero attached hydrogens (tertiary/aromatic N) is 2. The topological polar surface area (TPSA) is 36.4 Å². The molecule has 3 atom stereocenters. The summed E-state index contributed by atoms with van der Waals surface area (Å²) in [5.41, 5.74) is 0.790. The van der Waals surface area contributed by atoms with Gasteiger partial charge in [0, 0.05) is 29.0 Å². The summed E-state index contributed by atoms with van der Waals surface area (Å²) in [6, 6.07) is 0.520. The molecule has 0 aromatic carbocycles. The quantitative estimate of drug-likeness (QED) is 0.884. The molecule has 1 fully saturated rings. The molecule has 90 valence electrons. The molecule has 0 amide bonds. The van der Waals surface area contributed by atoms with E-state index < -0.39 is 6.10 Å². The number of thioether (sulfide) groups is 1. The van der Waals surface area contributed by atoms with Crippen LogP contribution in [0.15, 0.2) is 5.38 Å². The largest absolute Gasteiger partial charge is 0.387 e. The SMILES string of the molecule is CC(O)c1csc(N2CCSC(C)C2C)n1. The molecule has 1 aliphatic rings. The Bertz CT molecular complexity index is 354. The predicted molar refractivity (Wildman–Crippen MR) is 71.5 cm³/mol. The number of aliphatic hydroxyl groups excluding tert-OH is 1. The molecule has 0 saturated carbocycles. The van der Waals surface area contributed by atoms with Gasteiger partial charge in [0.25, 0.3) is 0 Å². The minimum atomic E-state index is -0.461. The van der Waals surface area contributed by atoms with Crippen molar-refractivity contribution in [1.29, 1.82) is 0 Å². The van der Waals surface area contributed by atoms with Crippen LogP contribution in [-0.4, -0.2) is 33.7 Å². The van der Waals surface area contributed by atoms with Crippen molar-refractivity contribution in [1.82, 2.24) is 4.98 Å². The van der Waals surface area contributed by atoms with E-state index in [-0.39, 0.29) is 0 Å². The lowest BCUT2D eigenvalue weighted by atomic mass is 10.2. The lowest BCUT2D eigenvalue weighted by Gasteiger charge is -2.37. The second-order valence-electron chi connectivity index (χ2n) is 4.24. The van der Waals surface area contributed by atoms with Crippen LogP contribution in [0.2, 0.25) is 0 Å². The van der Waals surface area contributed by atoms with Crippen molar-refractivity contribution < 1.29 is 5.11 Å². The van der Waals surface area contributed by atoms with E-state index in [9.17, 15) is 5.11 Å². The summed E-state index contributed by atoms with van der Waals surface area (Å²) in [6.07, 6.45) is -0.461. The van der Waals surface area contributed by atoms with Crippen LogP contribution in [0.3, 0.4) is 0 Å². The summed E-state index contributed by atoms with van der Waals surface area (Å²) in [4.78, 5) is 6.86. The number of aromatic nitrogens is 1. The molecule has 3 nitrogen and oxygen atoms in total. The zero-order chi connectivity index (χ0) is 11.7. The summed E-state index contributed by atoms with van der Waals surface area (Å²) in [6.45, 7) is 7.34. The van der Waals surface area contributed by atoms with E-state index in [1.807, 2.05) is 17.1 Å². The van der Waals surface area contributed by atoms with Gasteiger partial charge in [0.2, 0.25) is 0 Å². The molecule has 5 heteroatoms. The Balaban J connectivity index is 2.16. The average Bonchev–Trinajstić information content (AvgIpc) is 2.71. The van der Waals surface area contributed by atoms with Crippen molar-refractivity contribution >= 4 is 28.2 Å². The highest BCUT2D eigenvalue weighted by atomic mass is 32.2. The molecule has 0 aliphatic carbocycles. The molecular weight excluding hydrogens is 240 g/mol. The predicted octanol–water partition coefficient (Wildman–Crippen LogP) is 2.53. The normalized spacial score (nSPS) is 28.1. The van der Waals surface area contributed by atoms with E-state index in [0.717, 1.165) is 23.1 Å². The smallest absolute Gasteiger partial charge is 0.185 e. The van der Waals surface area contributed by atoms with Gasteiger partial charge in [-0.1, -0.05) is 6.92 Å². The first-order valence-electron chi connectivity index (χ1n) is 5.61. The first kappa shape index (κ1) is 12.2. The van der Waals surface area contributed by atoms with Crippen LogP contribution >= 0.6 is 23.1 Å². The Morgan fingerprint density at radius 2 is 2.31 bits per heavy atom. The third-order valence-corrected chi connectivity index (χ3v) is 5.30. The van der Waals surface area contributed by atoms with E-state index in [1.165, 1.54) is 0 Å². The number of aliphatic hydroxyl groups is 1. The molecule has 0 bridgehead atoms. The molecule has 2 heterocycles. The van der Waals surface area contributed by atoms with E-state index in [4.69, 9.17) is 0 Å². The molecule has 1 aliphatic heterocycles. The summed E-state index contributed by atoms with van der Waals surface area (Å²) < 4.78 is 0. The van der Waals surface area contributed by atoms with Gasteiger partial charge in [-0.3, -0.25) is 0 Å². The Labute approximate surface area is 105 Å². The maximum Gasteiger partial charge on any atom is 0.185 e. The molecule has 0 radical (unpaired) electrons. The van der Waals surface area contributed by atoms with Crippen LogP contribution < -0.4 is 4.90 Å². The Kier molecular flexibility index (Phi) is 3.77. The van der Waals surface area contributed by atoms with Crippen LogP contribution in [0.1, 0.15) is 32.6 Å². The maximum absolute atomic E-state index is 9.47. The molecular formula is C11H18N2OS2. The molecule has 0 spiro atoms. The van der Waals surface area contributed by atoms with Gasteiger partial charge in [0.1, 0.15) is 0 Å². The van der Waals surface area contributed by atoms with Crippen molar-refractivity contribution in [2.75, 3.05) is 17.2 Å². The first-order valence-corrected chi connectivity index (χ1v) is 7.54. The number of rotatable bonds is 2. The second kappa shape index (κ2) is 4.94. The molecule has 1 aromatic heterocycles. The minimum Gasteiger partial charge on any atom is -0.387 e. The van der Waals surface area contributed by atoms with Crippen molar-refractivity contribution in [3.8, 4) is 0 Å². The van der Waals surface area contributed by atoms with Crippen molar-refractivity contribution in [3.05, 3.63) is 11.1 Å². The third-order valence-electron chi connectivity index (χ3n) is 3.07. The number of hydrogen-bond acceptors (Lipinski definition) is 5. The van der Waals surface area contributed by atoms with Crippen LogP contribution in [0.4, 0.5) is 5.13 Å². The Morgan fingerprint density at radius 1 is 1.56 bits per heavy atom. The highest BCUT2D eigenvalue weighted by Crippen LogP contribution is 2.31. The Morgan fingerprint density at radius 3 is 2.94 bits per heavy atom. The van der Waals surface area contributed by atoms with Gasteiger partial charge in [0.05, 0.1) is 11.8 Å². The van der Waals surface area contributed by atoms with Gasteiger partial charge >= 0.3 is 0 Å². The summed E-state index contributed by atoms with van der Waals surface area (Å²) in [5, 5.41) is 13.1. The van der Waals surface area contributed by atoms with E-state index in [0.29, 0.717) is 11.3 Å². The van der Waals surface area contributed by atoms with Crippen LogP contribution in [-0.2, 0) is 0 Å². The van der Waals surface area contributed by atoms with Crippen molar-refractivity contribution in [3.63, 3.8) is 0 Å². The summed E-state index contributed by atoms with van der Waals surface area (Å²) in [5.74, 6) is 1.16. The minimum absolute atomic E-state index is 0.461. The van der Waals surface area contributed by atoms with Crippen molar-refractivity contribution in [2.24, 2.45) is 0 Å². The lowest BCUT2D eigenvalue weighted by Crippen LogP contribution is -2.44. The van der Waals surface area contributed by atoms with Gasteiger partial charge in [-0.15, -0.1) is 11.3 Å². The molecule has 16 heavy (non-hydrogen) atoms. The Hall–Kier alpha value is -0.260. The fourth-order valence-corrected chi connectivity index (χ4v) is 3.93. The molecule has 1 saturated heterocycles. The molecule has 2 rings (SSSR count). The average molecular weight is 258 g/mol. The highest BCUT2D eigenvalue weighted by Gasteiger charge is 2.27. The highest BCUT2D eigenvalue weighted by molar-refractivity contribution is 8.00. The number of thiazole rings is 1. The lowest BCUT2D eigenvalue weighted by molar-refractivity contribution is 0.195. The number of hydrogen-bond donors (Lipinski definition) is 1. The summed E-state index contributed by atoms with van der Waals surface area (Å²) >= 11 is 3.66. The molecule has 3 unspecified atom stereocenters. The first-order chi connectivity index (χ1) is 7.59. The fourth-order valence-electron chi connectivity index (χ4n) is 1.80. The number of anilines is 1. The summed E-state index contributed by atoms with van der Waals surface area (Å²) in [7, 11) is 0. The van der Waals surface area contributed by atoms with Gasteiger partial charge < -0.3 is 10.0 Å². The van der Waals surface area contributed by atoms with E-state index in [1.54, 1.807) is 18.3 Å². The van der Waals surface area contributed by atoms with Gasteiger partial charge in [-0.25, -0.2) is 4.98 Å². The fraction of sp³-hybridized carbons (Fsp3) is 0.727. The van der Waals surface area contributed by atoms with Crippen molar-refractivity contribution in [2.45, 2.75) is 38.2 Å². The molecule has 1 N–H and O–H groups in total. The van der Waals surface area contributed by atoms with E-state index >= 15 is 0 Å². The zero-order valence-corrected chi connectivity index (χ0v) is 11.5. The molecule has 1 aromatic rings. The van der Waals surface area contributed by atoms with Crippen LogP contribution in [0.5, 0.6) is 0 Å². The van der Waals surface area contributed by atoms with Crippen LogP contribution in [0.25, 0.3) is 0 Å².